The molecule has 2 aliphatic carbocycles. The van der Waals surface area contributed by atoms with E-state index in [1.807, 2.05) is 45.1 Å². The van der Waals surface area contributed by atoms with E-state index < -0.39 is 33.6 Å². The molecule has 0 amide bonds. The number of hydrogen-bond acceptors (Lipinski definition) is 16. The minimum Gasteiger partial charge on any atom is -0.507 e. The molecule has 88 heavy (non-hydrogen) atoms. The van der Waals surface area contributed by atoms with Gasteiger partial charge in [-0.3, -0.25) is 29.0 Å². The number of phenolic OH excluding ortho intramolecular Hbond substituents is 4. The minimum atomic E-state index is -0.844. The number of aromatic hydroxyl groups is 4. The van der Waals surface area contributed by atoms with E-state index in [9.17, 15) is 44.4 Å². The lowest BCUT2D eigenvalue weighted by Gasteiger charge is -2.26. The van der Waals surface area contributed by atoms with Crippen LogP contribution >= 0.6 is 0 Å². The second kappa shape index (κ2) is 22.7. The predicted octanol–water partition coefficient (Wildman–Crippen LogP) is 13.3. The fourth-order valence-electron chi connectivity index (χ4n) is 14.5. The van der Waals surface area contributed by atoms with Gasteiger partial charge in [0.2, 0.25) is 0 Å². The summed E-state index contributed by atoms with van der Waals surface area (Å²) >= 11 is 0. The predicted molar refractivity (Wildman–Crippen MR) is 351 cm³/mol. The van der Waals surface area contributed by atoms with Gasteiger partial charge < -0.3 is 48.8 Å². The van der Waals surface area contributed by atoms with Crippen LogP contribution < -0.4 is 50.1 Å². The van der Waals surface area contributed by atoms with E-state index in [1.165, 1.54) is 73.8 Å². The molecule has 0 heterocycles. The first kappa shape index (κ1) is 59.8. The van der Waals surface area contributed by atoms with Crippen molar-refractivity contribution in [1.82, 2.24) is 0 Å². The highest BCUT2D eigenvalue weighted by Gasteiger charge is 2.40. The molecule has 0 saturated carbocycles. The molecule has 0 bridgehead atoms. The molecule has 0 saturated heterocycles. The van der Waals surface area contributed by atoms with Gasteiger partial charge in [-0.1, -0.05) is 41.5 Å². The zero-order valence-electron chi connectivity index (χ0n) is 50.9. The monoisotopic (exact) mass is 1190 g/mol. The number of aliphatic imine (C=N–C) groups is 1. The van der Waals surface area contributed by atoms with Gasteiger partial charge in [0, 0.05) is 108 Å². The van der Waals surface area contributed by atoms with Crippen molar-refractivity contribution in [3.8, 4) is 57.5 Å². The number of benzene rings is 10. The Bertz CT molecular complexity index is 5040. The van der Waals surface area contributed by atoms with E-state index in [2.05, 4.69) is 19.7 Å². The summed E-state index contributed by atoms with van der Waals surface area (Å²) in [5, 5.41) is 53.6. The molecule has 10 aromatic carbocycles. The molecular weight excluding hydrogens is 1120 g/mol. The Morgan fingerprint density at radius 3 is 1.11 bits per heavy atom. The van der Waals surface area contributed by atoms with Crippen molar-refractivity contribution < 1.29 is 53.6 Å². The third-order valence-corrected chi connectivity index (χ3v) is 17.9. The molecule has 4 N–H and O–H groups in total. The third-order valence-electron chi connectivity index (χ3n) is 17.9. The van der Waals surface area contributed by atoms with Crippen LogP contribution in [0.5, 0.6) is 57.5 Å². The second-order valence-electron chi connectivity index (χ2n) is 22.6. The Kier molecular flexibility index (Phi) is 15.4. The van der Waals surface area contributed by atoms with Gasteiger partial charge in [-0.05, 0) is 105 Å². The van der Waals surface area contributed by atoms with Crippen molar-refractivity contribution in [2.75, 3.05) is 49.2 Å². The number of ether oxygens (including phenoxy) is 6. The molecule has 16 nitrogen and oxygen atoms in total. The van der Waals surface area contributed by atoms with Crippen LogP contribution in [0.15, 0.2) is 97.5 Å². The molecule has 0 radical (unpaired) electrons. The number of allylic oxidation sites excluding steroid dienone is 4. The molecule has 2 atom stereocenters. The maximum Gasteiger partial charge on any atom is 0.194 e. The molecule has 450 valence electrons. The number of phenols is 4. The van der Waals surface area contributed by atoms with Gasteiger partial charge in [0.05, 0.1) is 70.1 Å². The number of hydrogen-bond donors (Lipinski definition) is 4. The summed E-state index contributed by atoms with van der Waals surface area (Å²) in [5.41, 5.74) is 4.11. The first-order valence-electron chi connectivity index (χ1n) is 29.0. The first-order valence-corrected chi connectivity index (χ1v) is 29.0. The average molecular weight is 1190 g/mol. The number of nitrogens with zero attached hydrogens (tertiary/aromatic N) is 1. The number of unbranched alkanes of at least 4 members (excludes halogenated alkanes) is 2. The zero-order valence-corrected chi connectivity index (χ0v) is 50.9. The van der Waals surface area contributed by atoms with Crippen molar-refractivity contribution in [1.29, 1.82) is 0 Å². The smallest absolute Gasteiger partial charge is 0.194 e. The van der Waals surface area contributed by atoms with E-state index in [-0.39, 0.29) is 84.8 Å². The lowest BCUT2D eigenvalue weighted by molar-refractivity contribution is -0.117. The van der Waals surface area contributed by atoms with Crippen molar-refractivity contribution in [2.24, 2.45) is 4.99 Å². The topological polar surface area (TPSA) is 234 Å². The van der Waals surface area contributed by atoms with Gasteiger partial charge in [-0.15, -0.1) is 19.7 Å². The van der Waals surface area contributed by atoms with Gasteiger partial charge in [-0.2, -0.15) is 0 Å². The minimum absolute atomic E-state index is 0.00235. The number of rotatable bonds is 19. The number of methoxy groups -OCH3 is 6. The molecule has 2 unspecified atom stereocenters. The van der Waals surface area contributed by atoms with Gasteiger partial charge in [0.15, 0.2) is 44.7 Å². The first-order chi connectivity index (χ1) is 42.3. The molecule has 0 aromatic heterocycles. The largest absolute Gasteiger partial charge is 0.507 e. The van der Waals surface area contributed by atoms with Crippen molar-refractivity contribution in [3.05, 3.63) is 148 Å². The quantitative estimate of drug-likeness (QED) is 0.0194. The van der Waals surface area contributed by atoms with Crippen LogP contribution in [-0.2, 0) is 17.6 Å². The van der Waals surface area contributed by atoms with E-state index in [4.69, 9.17) is 33.4 Å². The highest BCUT2D eigenvalue weighted by Crippen LogP contribution is 2.60. The van der Waals surface area contributed by atoms with Gasteiger partial charge in [0.25, 0.3) is 0 Å². The lowest BCUT2D eigenvalue weighted by atomic mass is 9.80. The molecule has 0 aliphatic heterocycles. The van der Waals surface area contributed by atoms with Crippen molar-refractivity contribution in [3.63, 3.8) is 0 Å². The van der Waals surface area contributed by atoms with E-state index in [0.29, 0.717) is 150 Å². The number of fused-ring (bicyclic) bond motifs is 2. The summed E-state index contributed by atoms with van der Waals surface area (Å²) in [6.45, 7) is 19.2. The summed E-state index contributed by atoms with van der Waals surface area (Å²) in [6, 6.07) is 5.28. The van der Waals surface area contributed by atoms with Crippen LogP contribution in [0.2, 0.25) is 0 Å². The summed E-state index contributed by atoms with van der Waals surface area (Å²) in [5.74, 6) is -1.29. The lowest BCUT2D eigenvalue weighted by Crippen LogP contribution is -2.15. The second-order valence-corrected chi connectivity index (χ2v) is 22.6. The molecule has 10 aromatic rings. The maximum atomic E-state index is 13.9. The Hall–Kier alpha value is -9.96. The normalized spacial score (nSPS) is 14.7. The van der Waals surface area contributed by atoms with Crippen LogP contribution in [0.1, 0.15) is 105 Å². The fourth-order valence-corrected chi connectivity index (χ4v) is 14.5. The van der Waals surface area contributed by atoms with E-state index in [1.54, 1.807) is 6.08 Å². The summed E-state index contributed by atoms with van der Waals surface area (Å²) < 4.78 is 34.8. The highest BCUT2D eigenvalue weighted by molar-refractivity contribution is 6.41. The highest BCUT2D eigenvalue weighted by atomic mass is 16.5. The Labute approximate surface area is 505 Å². The summed E-state index contributed by atoms with van der Waals surface area (Å²) in [6.07, 6.45) is 13.7. The van der Waals surface area contributed by atoms with Crippen molar-refractivity contribution >= 4 is 110 Å². The number of ketones is 1. The number of Topliss-reactive ketones (excluding diaryl/α,β-unsaturated/α-hetero) is 1. The molecular formula is C72H67NO15. The van der Waals surface area contributed by atoms with Gasteiger partial charge >= 0.3 is 0 Å². The van der Waals surface area contributed by atoms with Crippen LogP contribution in [0.4, 0.5) is 0 Å². The van der Waals surface area contributed by atoms with Crippen molar-refractivity contribution in [2.45, 2.75) is 84.5 Å². The van der Waals surface area contributed by atoms with Crippen LogP contribution in [0.3, 0.4) is 0 Å². The summed E-state index contributed by atoms with van der Waals surface area (Å²) in [4.78, 5) is 73.3. The Morgan fingerprint density at radius 2 is 0.784 bits per heavy atom. The average Bonchev–Trinajstić information content (AvgIpc) is 1.11. The van der Waals surface area contributed by atoms with Crippen LogP contribution in [0, 0.1) is 0 Å². The van der Waals surface area contributed by atoms with Crippen LogP contribution in [-0.4, -0.2) is 81.1 Å². The number of carbonyl (C=O) groups excluding carboxylic acids is 1. The Morgan fingerprint density at radius 1 is 0.455 bits per heavy atom. The molecule has 0 spiro atoms. The standard InChI is InChI=1S/C38H37NO7.C34H30O8/c1-8-10-12-13-20-21-15-18(3)26(19(4)39-14-11-9-2)35-33-27(21)32-28(36(20)42)22(40)16-24(44-5)30(32)31-25(45-6)17-23(41)29(34(31)33)37(43)38(35)46-7;1-7-8-9-10-16-17-11-14(2)22(15(3)35)31-29-23(17)28-24(32(16)38)18(36)12-20(40-4)26(28)27-21(41-5)13-19(37)25(30(27)29)33(39)34(31)42-6/h8-9,15-17,26,42-43H,1-2,10-14H2,3-7H3;7,11-13,22,38-39H,1,8-10H2,2-6H3. The molecule has 16 heteroatoms. The van der Waals surface area contributed by atoms with Gasteiger partial charge in [0.1, 0.15) is 40.3 Å². The van der Waals surface area contributed by atoms with Gasteiger partial charge in [-0.25, -0.2) is 0 Å². The number of carbonyl (C=O) groups is 1. The van der Waals surface area contributed by atoms with Crippen LogP contribution in [0.25, 0.3) is 98.3 Å². The molecule has 0 fully saturated rings. The van der Waals surface area contributed by atoms with E-state index in [0.717, 1.165) is 16.8 Å². The molecule has 12 rings (SSSR count). The van der Waals surface area contributed by atoms with E-state index >= 15 is 0 Å². The zero-order chi connectivity index (χ0) is 63.2. The SMILES string of the molecule is C=CCCCc1c(O)c2c(=O)cc(OC)c3c4c(OC)cc(=O)c5c(O)c(OC)c6c(c(c1C=C(C)C6C(C)=NCCC=C)c23)c54.C=CCCCc1c(O)c2c(=O)cc(OC)c3c4c(OC)cc(=O)c5c(O)c(OC)c6c(c(c1C=C(C)C6C(C)=O)c23)c54. The fraction of sp³-hybridized carbons (Fsp3) is 0.278. The Balaban J connectivity index is 0.000000183. The maximum absolute atomic E-state index is 13.9. The third kappa shape index (κ3) is 8.45. The summed E-state index contributed by atoms with van der Waals surface area (Å²) in [7, 11) is 8.65. The molecule has 2 aliphatic rings.